The number of carbonyl (C=O) groups excluding carboxylic acids is 2. The summed E-state index contributed by atoms with van der Waals surface area (Å²) in [5, 5.41) is 1.81. The number of hydrogen-bond acceptors (Lipinski definition) is 9. The first-order valence-corrected chi connectivity index (χ1v) is 12.4. The van der Waals surface area contributed by atoms with E-state index in [1.54, 1.807) is 36.4 Å². The zero-order valence-corrected chi connectivity index (χ0v) is 18.7. The van der Waals surface area contributed by atoms with Gasteiger partial charge in [0.15, 0.2) is 0 Å². The molecule has 2 aliphatic rings. The highest BCUT2D eigenvalue weighted by molar-refractivity contribution is 8.18. The van der Waals surface area contributed by atoms with Crippen LogP contribution < -0.4 is 14.8 Å². The number of imide groups is 1. The molecule has 2 aliphatic heterocycles. The first kappa shape index (κ1) is 22.2. The van der Waals surface area contributed by atoms with Gasteiger partial charge >= 0.3 is 0 Å². The van der Waals surface area contributed by atoms with Crippen molar-refractivity contribution < 1.29 is 27.5 Å². The predicted octanol–water partition coefficient (Wildman–Crippen LogP) is 2.40. The maximum absolute atomic E-state index is 11.7. The molecule has 12 heteroatoms. The molecule has 2 fully saturated rings. The molecule has 1 aromatic carbocycles. The van der Waals surface area contributed by atoms with Crippen molar-refractivity contribution in [2.45, 2.75) is 18.9 Å². The van der Waals surface area contributed by atoms with Gasteiger partial charge in [0.25, 0.3) is 11.1 Å². The highest BCUT2D eigenvalue weighted by Crippen LogP contribution is 2.28. The molecule has 4 rings (SSSR count). The number of ether oxygens (including phenoxy) is 2. The van der Waals surface area contributed by atoms with Crippen LogP contribution in [0.1, 0.15) is 18.4 Å². The van der Waals surface area contributed by atoms with Gasteiger partial charge in [-0.3, -0.25) is 14.9 Å². The first-order valence-electron chi connectivity index (χ1n) is 9.73. The van der Waals surface area contributed by atoms with E-state index in [2.05, 4.69) is 15.3 Å². The monoisotopic (exact) mass is 476 g/mol. The van der Waals surface area contributed by atoms with Crippen molar-refractivity contribution in [3.63, 3.8) is 0 Å². The second kappa shape index (κ2) is 9.27. The quantitative estimate of drug-likeness (QED) is 0.625. The zero-order valence-electron chi connectivity index (χ0n) is 17.1. The Kier molecular flexibility index (Phi) is 6.44. The lowest BCUT2D eigenvalue weighted by Gasteiger charge is -2.30. The average Bonchev–Trinajstić information content (AvgIpc) is 3.05. The summed E-state index contributed by atoms with van der Waals surface area (Å²) in [6, 6.07) is 8.56. The van der Waals surface area contributed by atoms with Gasteiger partial charge in [0.1, 0.15) is 18.2 Å². The summed E-state index contributed by atoms with van der Waals surface area (Å²) in [7, 11) is -3.19. The van der Waals surface area contributed by atoms with E-state index in [0.717, 1.165) is 11.8 Å². The third kappa shape index (κ3) is 5.64. The second-order valence-corrected chi connectivity index (χ2v) is 10.2. The molecule has 0 atom stereocenters. The fraction of sp³-hybridized carbons (Fsp3) is 0.300. The number of hydrogen-bond donors (Lipinski definition) is 1. The normalized spacial score (nSPS) is 19.2. The van der Waals surface area contributed by atoms with E-state index in [1.807, 2.05) is 0 Å². The number of sulfonamides is 1. The van der Waals surface area contributed by atoms with E-state index in [0.29, 0.717) is 48.0 Å². The summed E-state index contributed by atoms with van der Waals surface area (Å²) >= 11 is 0.845. The van der Waals surface area contributed by atoms with E-state index < -0.39 is 21.2 Å². The Hall–Kier alpha value is -2.96. The van der Waals surface area contributed by atoms with Gasteiger partial charge in [-0.15, -0.1) is 0 Å². The predicted molar refractivity (Wildman–Crippen MR) is 118 cm³/mol. The fourth-order valence-corrected chi connectivity index (χ4v) is 4.81. The molecule has 10 nitrogen and oxygen atoms in total. The Morgan fingerprint density at radius 2 is 1.91 bits per heavy atom. The van der Waals surface area contributed by atoms with Gasteiger partial charge in [-0.1, -0.05) is 12.1 Å². The van der Waals surface area contributed by atoms with E-state index in [1.165, 1.54) is 16.9 Å². The maximum atomic E-state index is 11.7. The van der Waals surface area contributed by atoms with Gasteiger partial charge in [-0.2, -0.15) is 0 Å². The highest BCUT2D eigenvalue weighted by Gasteiger charge is 2.26. The zero-order chi connectivity index (χ0) is 22.7. The van der Waals surface area contributed by atoms with Crippen LogP contribution in [-0.4, -0.2) is 59.3 Å². The van der Waals surface area contributed by atoms with Crippen LogP contribution in [0.25, 0.3) is 6.08 Å². The molecule has 3 heterocycles. The van der Waals surface area contributed by atoms with Crippen LogP contribution in [0.5, 0.6) is 17.5 Å². The number of benzene rings is 1. The maximum Gasteiger partial charge on any atom is 0.290 e. The number of aromatic nitrogens is 2. The van der Waals surface area contributed by atoms with Gasteiger partial charge in [0, 0.05) is 13.1 Å². The van der Waals surface area contributed by atoms with Crippen molar-refractivity contribution in [2.75, 3.05) is 19.3 Å². The van der Waals surface area contributed by atoms with Crippen molar-refractivity contribution in [3.05, 3.63) is 47.1 Å². The third-order valence-electron chi connectivity index (χ3n) is 4.79. The number of carbonyl (C=O) groups is 2. The van der Waals surface area contributed by atoms with Crippen LogP contribution in [-0.2, 0) is 14.8 Å². The van der Waals surface area contributed by atoms with Crippen LogP contribution in [0.2, 0.25) is 0 Å². The second-order valence-electron chi connectivity index (χ2n) is 7.20. The summed E-state index contributed by atoms with van der Waals surface area (Å²) < 4.78 is 36.4. The van der Waals surface area contributed by atoms with Crippen molar-refractivity contribution in [2.24, 2.45) is 0 Å². The summed E-state index contributed by atoms with van der Waals surface area (Å²) in [6.45, 7) is 0.810. The fourth-order valence-electron chi connectivity index (χ4n) is 3.26. The minimum Gasteiger partial charge on any atom is -0.474 e. The number of rotatable bonds is 6. The summed E-state index contributed by atoms with van der Waals surface area (Å²) in [5.41, 5.74) is 0.693. The van der Waals surface area contributed by atoms with Gasteiger partial charge in [-0.25, -0.2) is 22.7 Å². The Morgan fingerprint density at radius 3 is 2.59 bits per heavy atom. The average molecular weight is 477 g/mol. The van der Waals surface area contributed by atoms with Gasteiger partial charge in [0.2, 0.25) is 21.8 Å². The van der Waals surface area contributed by atoms with E-state index in [9.17, 15) is 18.0 Å². The molecular formula is C20H20N4O6S2. The third-order valence-corrected chi connectivity index (χ3v) is 6.91. The number of nitrogens with one attached hydrogen (secondary N) is 1. The summed E-state index contributed by atoms with van der Waals surface area (Å²) in [6.07, 6.45) is 5.12. The van der Waals surface area contributed by atoms with Crippen LogP contribution in [0, 0.1) is 0 Å². The summed E-state index contributed by atoms with van der Waals surface area (Å²) in [4.78, 5) is 31.5. The number of thioether (sulfide) groups is 1. The molecule has 0 saturated carbocycles. The molecule has 2 amide bonds. The SMILES string of the molecule is CS(=O)(=O)N1CCC(Oc2cc(Oc3cccc(/C=C4\SC(=O)NC4=O)c3)ncn2)CC1. The summed E-state index contributed by atoms with van der Waals surface area (Å²) in [5.74, 6) is 0.673. The Bertz CT molecular complexity index is 1180. The highest BCUT2D eigenvalue weighted by atomic mass is 32.2. The Morgan fingerprint density at radius 1 is 1.16 bits per heavy atom. The molecule has 0 bridgehead atoms. The lowest BCUT2D eigenvalue weighted by molar-refractivity contribution is -0.115. The van der Waals surface area contributed by atoms with Gasteiger partial charge in [-0.05, 0) is 48.4 Å². The van der Waals surface area contributed by atoms with Crippen LogP contribution in [0.3, 0.4) is 0 Å². The largest absolute Gasteiger partial charge is 0.474 e. The molecular weight excluding hydrogens is 456 g/mol. The minimum absolute atomic E-state index is 0.150. The molecule has 32 heavy (non-hydrogen) atoms. The van der Waals surface area contributed by atoms with Gasteiger partial charge < -0.3 is 9.47 Å². The van der Waals surface area contributed by atoms with E-state index >= 15 is 0 Å². The topological polar surface area (TPSA) is 128 Å². The lowest BCUT2D eigenvalue weighted by atomic mass is 10.1. The molecule has 2 saturated heterocycles. The minimum atomic E-state index is -3.19. The molecule has 1 N–H and O–H groups in total. The van der Waals surface area contributed by atoms with E-state index in [4.69, 9.17) is 9.47 Å². The van der Waals surface area contributed by atoms with Crippen molar-refractivity contribution >= 4 is 39.0 Å². The smallest absolute Gasteiger partial charge is 0.290 e. The Labute approximate surface area is 189 Å². The molecule has 0 unspecified atom stereocenters. The van der Waals surface area contributed by atoms with E-state index in [-0.39, 0.29) is 12.0 Å². The number of nitrogens with zero attached hydrogens (tertiary/aromatic N) is 3. The van der Waals surface area contributed by atoms with Gasteiger partial charge in [0.05, 0.1) is 17.2 Å². The van der Waals surface area contributed by atoms with Crippen molar-refractivity contribution in [1.82, 2.24) is 19.6 Å². The van der Waals surface area contributed by atoms with Crippen LogP contribution in [0.4, 0.5) is 4.79 Å². The standard InChI is InChI=1S/C20H20N4O6S2/c1-32(27,28)24-7-5-14(6-8-24)29-17-11-18(22-12-21-17)30-15-4-2-3-13(9-15)10-16-19(25)23-20(26)31-16/h2-4,9-12,14H,5-8H2,1H3,(H,23,25,26)/b16-10-. The first-order chi connectivity index (χ1) is 15.3. The number of amides is 2. The molecule has 168 valence electrons. The van der Waals surface area contributed by atoms with Crippen LogP contribution >= 0.6 is 11.8 Å². The molecule has 2 aromatic rings. The lowest BCUT2D eigenvalue weighted by Crippen LogP contribution is -2.41. The van der Waals surface area contributed by atoms with Crippen molar-refractivity contribution in [1.29, 1.82) is 0 Å². The molecule has 0 spiro atoms. The number of piperidine rings is 1. The van der Waals surface area contributed by atoms with Crippen molar-refractivity contribution in [3.8, 4) is 17.5 Å². The van der Waals surface area contributed by atoms with Crippen LogP contribution in [0.15, 0.2) is 41.6 Å². The molecule has 1 aromatic heterocycles. The Balaban J connectivity index is 1.40. The molecule has 0 radical (unpaired) electrons. The molecule has 0 aliphatic carbocycles.